The fourth-order valence-corrected chi connectivity index (χ4v) is 9.54. The molecule has 0 saturated heterocycles. The third-order valence-corrected chi connectivity index (χ3v) is 11.0. The molecule has 0 N–H and O–H groups in total. The van der Waals surface area contributed by atoms with Crippen molar-refractivity contribution in [1.82, 2.24) is 19.9 Å². The van der Waals surface area contributed by atoms with E-state index >= 15 is 0 Å². The van der Waals surface area contributed by atoms with Gasteiger partial charge in [-0.15, -0.1) is 18.5 Å². The lowest BCUT2D eigenvalue weighted by Crippen LogP contribution is -2.56. The summed E-state index contributed by atoms with van der Waals surface area (Å²) in [5.74, 6) is 3.26. The Hall–Kier alpha value is -1.76. The minimum atomic E-state index is -0.631. The Labute approximate surface area is 220 Å². The molecule has 5 unspecified atom stereocenters. The number of hydrogen-bond acceptors (Lipinski definition) is 4. The second kappa shape index (κ2) is 8.92. The van der Waals surface area contributed by atoms with E-state index in [4.69, 9.17) is 9.97 Å². The summed E-state index contributed by atoms with van der Waals surface area (Å²) in [6.45, 7) is 6.91. The normalized spacial score (nSPS) is 29.5. The highest BCUT2D eigenvalue weighted by atomic mass is 31.0. The van der Waals surface area contributed by atoms with Crippen molar-refractivity contribution in [2.75, 3.05) is 6.16 Å². The summed E-state index contributed by atoms with van der Waals surface area (Å²) in [6.07, 6.45) is 19.0. The van der Waals surface area contributed by atoms with Gasteiger partial charge in [-0.25, -0.2) is 0 Å². The third kappa shape index (κ3) is 3.78. The van der Waals surface area contributed by atoms with Crippen LogP contribution in [0.25, 0.3) is 0 Å². The van der Waals surface area contributed by atoms with Crippen LogP contribution in [0.4, 0.5) is 0 Å². The van der Waals surface area contributed by atoms with Crippen LogP contribution in [0.5, 0.6) is 0 Å². The molecule has 2 aromatic heterocycles. The summed E-state index contributed by atoms with van der Waals surface area (Å²) in [6, 6.07) is 7.35. The monoisotopic (exact) mass is 516 g/mol. The van der Waals surface area contributed by atoms with Gasteiger partial charge in [0.2, 0.25) is 0 Å². The summed E-state index contributed by atoms with van der Waals surface area (Å²) in [5.41, 5.74) is 6.19. The molecule has 2 heterocycles. The van der Waals surface area contributed by atoms with Crippen molar-refractivity contribution in [2.45, 2.75) is 68.9 Å². The highest BCUT2D eigenvalue weighted by Gasteiger charge is 2.58. The highest BCUT2D eigenvalue weighted by Crippen LogP contribution is 2.65. The molecule has 0 spiro atoms. The van der Waals surface area contributed by atoms with Crippen molar-refractivity contribution in [3.63, 3.8) is 0 Å². The topological polar surface area (TPSA) is 51.6 Å². The molecule has 0 radical (unpaired) electrons. The average molecular weight is 517 g/mol. The molecule has 4 fully saturated rings. The van der Waals surface area contributed by atoms with Crippen molar-refractivity contribution >= 4 is 18.5 Å². The van der Waals surface area contributed by atoms with Crippen LogP contribution in [0.1, 0.15) is 81.0 Å². The van der Waals surface area contributed by atoms with Gasteiger partial charge < -0.3 is 0 Å². The van der Waals surface area contributed by atoms with E-state index in [-0.39, 0.29) is 10.8 Å². The van der Waals surface area contributed by atoms with Crippen LogP contribution in [0.15, 0.2) is 55.4 Å². The summed E-state index contributed by atoms with van der Waals surface area (Å²) in [7, 11) is 6.30. The fraction of sp³-hybridized carbons (Fsp3) is 0.533. The van der Waals surface area contributed by atoms with Crippen LogP contribution < -0.4 is 0 Å². The lowest BCUT2D eigenvalue weighted by Gasteiger charge is -2.62. The second-order valence-electron chi connectivity index (χ2n) is 12.6. The van der Waals surface area contributed by atoms with Gasteiger partial charge >= 0.3 is 0 Å². The van der Waals surface area contributed by atoms with Crippen molar-refractivity contribution in [3.05, 3.63) is 83.5 Å². The van der Waals surface area contributed by atoms with Crippen LogP contribution in [-0.4, -0.2) is 26.1 Å². The SMILES string of the molecule is CC(C)(C)c1ccc(C23CC4CC(CC(C4)C2CP)C3)c(C(P)(c2cnccn2)c2cnccn2)c1. The summed E-state index contributed by atoms with van der Waals surface area (Å²) in [5, 5.41) is -0.631. The third-order valence-electron chi connectivity index (χ3n) is 9.56. The predicted octanol–water partition coefficient (Wildman–Crippen LogP) is 6.30. The smallest absolute Gasteiger partial charge is 0.0967 e. The molecule has 188 valence electrons. The van der Waals surface area contributed by atoms with Gasteiger partial charge in [0.15, 0.2) is 0 Å². The fourth-order valence-electron chi connectivity index (χ4n) is 8.17. The van der Waals surface area contributed by atoms with Gasteiger partial charge in [-0.1, -0.05) is 39.0 Å². The minimum absolute atomic E-state index is 0.0328. The van der Waals surface area contributed by atoms with E-state index in [0.717, 1.165) is 29.1 Å². The van der Waals surface area contributed by atoms with E-state index in [1.807, 2.05) is 12.4 Å². The predicted molar refractivity (Wildman–Crippen MR) is 152 cm³/mol. The molecule has 4 saturated carbocycles. The first kappa shape index (κ1) is 24.6. The van der Waals surface area contributed by atoms with Gasteiger partial charge in [0.1, 0.15) is 0 Å². The quantitative estimate of drug-likeness (QED) is 0.374. The molecule has 4 bridgehead atoms. The Morgan fingerprint density at radius 1 is 0.889 bits per heavy atom. The number of aromatic nitrogens is 4. The number of hydrogen-bond donors (Lipinski definition) is 0. The first-order valence-corrected chi connectivity index (χ1v) is 14.8. The average Bonchev–Trinajstić information content (AvgIpc) is 2.88. The Kier molecular flexibility index (Phi) is 6.09. The molecule has 7 rings (SSSR count). The van der Waals surface area contributed by atoms with Gasteiger partial charge in [0.05, 0.1) is 28.9 Å². The first-order valence-electron chi connectivity index (χ1n) is 13.4. The van der Waals surface area contributed by atoms with Gasteiger partial charge in [-0.2, -0.15) is 0 Å². The lowest BCUT2D eigenvalue weighted by molar-refractivity contribution is -0.0522. The van der Waals surface area contributed by atoms with Crippen LogP contribution in [0.3, 0.4) is 0 Å². The lowest BCUT2D eigenvalue weighted by atomic mass is 9.43. The van der Waals surface area contributed by atoms with E-state index in [2.05, 4.69) is 67.4 Å². The summed E-state index contributed by atoms with van der Waals surface area (Å²) in [4.78, 5) is 18.7. The molecule has 4 nitrogen and oxygen atoms in total. The van der Waals surface area contributed by atoms with E-state index in [0.29, 0.717) is 5.92 Å². The van der Waals surface area contributed by atoms with E-state index in [9.17, 15) is 0 Å². The standard InChI is InChI=1S/C30H38N4P2/c1-28(2,3)22-4-5-23(29-14-19-10-20(15-29)12-21(11-19)25(29)18-35)24(13-22)30(36,26-16-31-6-8-33-26)27-17-32-7-9-34-27/h4-9,13,16-17,19-21,25H,10-12,14-15,18,35-36H2,1-3H3. The molecule has 4 aliphatic rings. The van der Waals surface area contributed by atoms with Crippen LogP contribution >= 0.6 is 18.5 Å². The van der Waals surface area contributed by atoms with Crippen molar-refractivity contribution in [2.24, 2.45) is 23.7 Å². The number of nitrogens with zero attached hydrogens (tertiary/aromatic N) is 4. The molecule has 0 aliphatic heterocycles. The van der Waals surface area contributed by atoms with E-state index in [1.165, 1.54) is 55.0 Å². The Bertz CT molecular complexity index is 1190. The van der Waals surface area contributed by atoms with Crippen LogP contribution in [0.2, 0.25) is 0 Å². The summed E-state index contributed by atoms with van der Waals surface area (Å²) < 4.78 is 0. The molecule has 5 atom stereocenters. The van der Waals surface area contributed by atoms with Crippen LogP contribution in [0, 0.1) is 23.7 Å². The largest absolute Gasteiger partial charge is 0.261 e. The van der Waals surface area contributed by atoms with Gasteiger partial charge in [-0.3, -0.25) is 19.9 Å². The number of benzene rings is 1. The molecule has 36 heavy (non-hydrogen) atoms. The molecule has 4 aliphatic carbocycles. The van der Waals surface area contributed by atoms with Crippen LogP contribution in [-0.2, 0) is 16.0 Å². The second-order valence-corrected chi connectivity index (χ2v) is 13.9. The molecule has 0 amide bonds. The van der Waals surface area contributed by atoms with Crippen molar-refractivity contribution in [3.8, 4) is 0 Å². The van der Waals surface area contributed by atoms with E-state index in [1.54, 1.807) is 24.8 Å². The zero-order chi connectivity index (χ0) is 25.1. The van der Waals surface area contributed by atoms with Crippen molar-refractivity contribution < 1.29 is 0 Å². The summed E-state index contributed by atoms with van der Waals surface area (Å²) >= 11 is 0. The maximum atomic E-state index is 4.87. The van der Waals surface area contributed by atoms with Gasteiger partial charge in [0, 0.05) is 24.8 Å². The molecular weight excluding hydrogens is 478 g/mol. The number of rotatable bonds is 5. The van der Waals surface area contributed by atoms with E-state index < -0.39 is 5.16 Å². The molecular formula is C30H38N4P2. The van der Waals surface area contributed by atoms with Gasteiger partial charge in [-0.05, 0) is 89.5 Å². The Morgan fingerprint density at radius 2 is 1.50 bits per heavy atom. The molecule has 6 heteroatoms. The Morgan fingerprint density at radius 3 is 2.00 bits per heavy atom. The van der Waals surface area contributed by atoms with Crippen molar-refractivity contribution in [1.29, 1.82) is 0 Å². The zero-order valence-corrected chi connectivity index (χ0v) is 24.0. The molecule has 3 aromatic rings. The maximum absolute atomic E-state index is 4.87. The van der Waals surface area contributed by atoms with Gasteiger partial charge in [0.25, 0.3) is 0 Å². The minimum Gasteiger partial charge on any atom is -0.261 e. The molecule has 1 aromatic carbocycles. The first-order chi connectivity index (χ1) is 17.3. The highest BCUT2D eigenvalue weighted by molar-refractivity contribution is 7.19. The zero-order valence-electron chi connectivity index (χ0n) is 21.7. The Balaban J connectivity index is 1.65. The maximum Gasteiger partial charge on any atom is 0.0967 e.